The van der Waals surface area contributed by atoms with Crippen LogP contribution < -0.4 is 11.5 Å². The van der Waals surface area contributed by atoms with Crippen molar-refractivity contribution in [3.8, 4) is 0 Å². The van der Waals surface area contributed by atoms with Crippen LogP contribution in [0.5, 0.6) is 0 Å². The second-order valence-corrected chi connectivity index (χ2v) is 4.79. The Kier molecular flexibility index (Phi) is 11.1. The first-order valence-corrected chi connectivity index (χ1v) is 7.09. The fraction of sp³-hybridized carbons (Fsp3) is 0.900. The van der Waals surface area contributed by atoms with Crippen molar-refractivity contribution < 1.29 is 23.5 Å². The second-order valence-electron chi connectivity index (χ2n) is 3.83. The first kappa shape index (κ1) is 17.4. The first-order valence-electron chi connectivity index (χ1n) is 5.99. The van der Waals surface area contributed by atoms with Gasteiger partial charge in [0, 0.05) is 4.57 Å². The van der Waals surface area contributed by atoms with Gasteiger partial charge in [0.2, 0.25) is 0 Å². The Bertz CT molecular complexity index is 242. The molecule has 1 fully saturated rings. The molecule has 0 aromatic carbocycles. The third-order valence-electron chi connectivity index (χ3n) is 2.22. The molecule has 0 saturated carbocycles. The minimum absolute atomic E-state index is 0.520. The van der Waals surface area contributed by atoms with E-state index in [1.54, 1.807) is 0 Å². The molecule has 1 heterocycles. The maximum absolute atomic E-state index is 10.4. The van der Waals surface area contributed by atoms with Crippen LogP contribution in [0.4, 0.5) is 0 Å². The van der Waals surface area contributed by atoms with Gasteiger partial charge in [0.15, 0.2) is 0 Å². The lowest BCUT2D eigenvalue weighted by atomic mass is 10.1. The first-order chi connectivity index (χ1) is 8.57. The topological polar surface area (TPSA) is 125 Å². The van der Waals surface area contributed by atoms with Crippen LogP contribution in [0.15, 0.2) is 0 Å². The fourth-order valence-corrected chi connectivity index (χ4v) is 1.78. The van der Waals surface area contributed by atoms with Crippen molar-refractivity contribution in [2.75, 3.05) is 19.8 Å². The maximum atomic E-state index is 10.4. The largest absolute Gasteiger partial charge is 0.697 e. The van der Waals surface area contributed by atoms with Gasteiger partial charge in [-0.25, -0.2) is 0 Å². The van der Waals surface area contributed by atoms with Crippen LogP contribution in [0.2, 0.25) is 0 Å². The third kappa shape index (κ3) is 10.6. The fourth-order valence-electron chi connectivity index (χ4n) is 1.15. The van der Waals surface area contributed by atoms with E-state index in [4.69, 9.17) is 16.6 Å². The number of carboxylic acid groups (broad SMARTS) is 1. The van der Waals surface area contributed by atoms with Gasteiger partial charge in [-0.2, -0.15) is 0 Å². The summed E-state index contributed by atoms with van der Waals surface area (Å²) in [4.78, 5) is 10.1. The van der Waals surface area contributed by atoms with Crippen molar-refractivity contribution in [2.45, 2.75) is 38.1 Å². The SMILES string of the molecule is NCCCCC(N)C(=O)O.O=[P+]1OCCCCO1. The molecule has 0 spiro atoms. The Hall–Kier alpha value is -0.590. The second kappa shape index (κ2) is 11.5. The van der Waals surface area contributed by atoms with Crippen LogP contribution in [0.25, 0.3) is 0 Å². The number of carboxylic acids is 1. The number of aliphatic carboxylic acids is 1. The van der Waals surface area contributed by atoms with Gasteiger partial charge in [-0.15, -0.1) is 9.05 Å². The molecule has 0 aromatic heterocycles. The Balaban J connectivity index is 0.000000327. The summed E-state index contributed by atoms with van der Waals surface area (Å²) in [6.45, 7) is 1.76. The van der Waals surface area contributed by atoms with Crippen molar-refractivity contribution in [1.29, 1.82) is 0 Å². The highest BCUT2D eigenvalue weighted by atomic mass is 31.1. The minimum Gasteiger partial charge on any atom is -0.480 e. The Morgan fingerprint density at radius 2 is 1.83 bits per heavy atom. The maximum Gasteiger partial charge on any atom is 0.697 e. The molecule has 18 heavy (non-hydrogen) atoms. The molecule has 8 heteroatoms. The molecule has 0 amide bonds. The van der Waals surface area contributed by atoms with E-state index in [-0.39, 0.29) is 0 Å². The summed E-state index contributed by atoms with van der Waals surface area (Å²) in [5.41, 5.74) is 10.4. The number of rotatable bonds is 5. The van der Waals surface area contributed by atoms with E-state index in [0.29, 0.717) is 26.2 Å². The molecular formula is C10H22N2O5P+. The van der Waals surface area contributed by atoms with Crippen LogP contribution in [0, 0.1) is 0 Å². The highest BCUT2D eigenvalue weighted by Crippen LogP contribution is 2.26. The van der Waals surface area contributed by atoms with Crippen LogP contribution in [-0.2, 0) is 18.4 Å². The number of hydrogen-bond acceptors (Lipinski definition) is 6. The Labute approximate surface area is 108 Å². The van der Waals surface area contributed by atoms with E-state index in [1.807, 2.05) is 0 Å². The van der Waals surface area contributed by atoms with Gasteiger partial charge in [-0.05, 0) is 32.2 Å². The smallest absolute Gasteiger partial charge is 0.480 e. The molecule has 1 atom stereocenters. The van der Waals surface area contributed by atoms with Crippen LogP contribution in [-0.4, -0.2) is 36.9 Å². The van der Waals surface area contributed by atoms with Gasteiger partial charge >= 0.3 is 14.2 Å². The molecule has 0 aliphatic carbocycles. The van der Waals surface area contributed by atoms with Gasteiger partial charge in [0.05, 0.1) is 0 Å². The summed E-state index contributed by atoms with van der Waals surface area (Å²) in [6, 6.07) is -0.716. The summed E-state index contributed by atoms with van der Waals surface area (Å²) in [5.74, 6) is -0.933. The summed E-state index contributed by atoms with van der Waals surface area (Å²) < 4.78 is 19.8. The summed E-state index contributed by atoms with van der Waals surface area (Å²) in [7, 11) is -1.77. The zero-order valence-electron chi connectivity index (χ0n) is 10.4. The number of hydrogen-bond donors (Lipinski definition) is 3. The number of unbranched alkanes of at least 4 members (excludes halogenated alkanes) is 1. The van der Waals surface area contributed by atoms with Crippen LogP contribution in [0.3, 0.4) is 0 Å². The van der Waals surface area contributed by atoms with Crippen molar-refractivity contribution in [3.63, 3.8) is 0 Å². The van der Waals surface area contributed by atoms with E-state index in [1.165, 1.54) is 0 Å². The molecular weight excluding hydrogens is 259 g/mol. The van der Waals surface area contributed by atoms with E-state index < -0.39 is 20.3 Å². The molecule has 0 bridgehead atoms. The van der Waals surface area contributed by atoms with E-state index >= 15 is 0 Å². The molecule has 7 nitrogen and oxygen atoms in total. The molecule has 1 rings (SSSR count). The average molecular weight is 281 g/mol. The van der Waals surface area contributed by atoms with Gasteiger partial charge < -0.3 is 16.6 Å². The molecule has 0 radical (unpaired) electrons. The Morgan fingerprint density at radius 1 is 1.28 bits per heavy atom. The van der Waals surface area contributed by atoms with Crippen LogP contribution in [0.1, 0.15) is 32.1 Å². The van der Waals surface area contributed by atoms with Crippen molar-refractivity contribution in [3.05, 3.63) is 0 Å². The van der Waals surface area contributed by atoms with Gasteiger partial charge in [0.1, 0.15) is 19.3 Å². The molecule has 106 valence electrons. The number of nitrogens with two attached hydrogens (primary N) is 2. The van der Waals surface area contributed by atoms with E-state index in [0.717, 1.165) is 25.7 Å². The zero-order chi connectivity index (χ0) is 13.8. The minimum atomic E-state index is -1.77. The normalized spacial score (nSPS) is 17.3. The lowest BCUT2D eigenvalue weighted by molar-refractivity contribution is -0.138. The summed E-state index contributed by atoms with van der Waals surface area (Å²) in [5, 5.41) is 8.33. The van der Waals surface area contributed by atoms with Gasteiger partial charge in [-0.3, -0.25) is 4.79 Å². The van der Waals surface area contributed by atoms with E-state index in [2.05, 4.69) is 9.05 Å². The predicted octanol–water partition coefficient (Wildman–Crippen LogP) is 0.998. The zero-order valence-corrected chi connectivity index (χ0v) is 11.3. The van der Waals surface area contributed by atoms with Crippen molar-refractivity contribution in [1.82, 2.24) is 0 Å². The third-order valence-corrected chi connectivity index (χ3v) is 3.01. The van der Waals surface area contributed by atoms with Crippen molar-refractivity contribution in [2.24, 2.45) is 11.5 Å². The lowest BCUT2D eigenvalue weighted by Crippen LogP contribution is -2.29. The molecule has 1 aliphatic heterocycles. The monoisotopic (exact) mass is 281 g/mol. The summed E-state index contributed by atoms with van der Waals surface area (Å²) in [6.07, 6.45) is 4.08. The standard InChI is InChI=1S/C6H14N2O2.C4H8O3P/c7-4-2-1-3-5(8)6(9)10;5-8-6-3-1-2-4-7-8/h5H,1-4,7-8H2,(H,9,10);1-4H2/q;+1. The molecule has 0 aromatic rings. The molecule has 1 unspecified atom stereocenters. The quantitative estimate of drug-likeness (QED) is 0.507. The number of carbonyl (C=O) groups is 1. The summed E-state index contributed by atoms with van der Waals surface area (Å²) >= 11 is 0. The lowest BCUT2D eigenvalue weighted by Gasteiger charge is -2.03. The van der Waals surface area contributed by atoms with Crippen LogP contribution >= 0.6 is 8.25 Å². The molecule has 1 saturated heterocycles. The molecule has 1 aliphatic rings. The van der Waals surface area contributed by atoms with Gasteiger partial charge in [-0.1, -0.05) is 6.42 Å². The Morgan fingerprint density at radius 3 is 2.28 bits per heavy atom. The highest BCUT2D eigenvalue weighted by Gasteiger charge is 2.21. The van der Waals surface area contributed by atoms with Crippen molar-refractivity contribution >= 4 is 14.2 Å². The predicted molar refractivity (Wildman–Crippen MR) is 67.3 cm³/mol. The highest BCUT2D eigenvalue weighted by molar-refractivity contribution is 7.33. The van der Waals surface area contributed by atoms with Gasteiger partial charge in [0.25, 0.3) is 0 Å². The van der Waals surface area contributed by atoms with E-state index in [9.17, 15) is 9.36 Å². The average Bonchev–Trinajstić information content (AvgIpc) is 2.58. The molecule has 5 N–H and O–H groups in total.